The molecule has 2 aromatic rings. The van der Waals surface area contributed by atoms with E-state index in [9.17, 15) is 9.59 Å². The summed E-state index contributed by atoms with van der Waals surface area (Å²) in [6.45, 7) is 2.23. The summed E-state index contributed by atoms with van der Waals surface area (Å²) >= 11 is 0. The predicted octanol–water partition coefficient (Wildman–Crippen LogP) is 1.61. The Morgan fingerprint density at radius 2 is 1.71 bits per heavy atom. The van der Waals surface area contributed by atoms with Gasteiger partial charge in [-0.25, -0.2) is 4.98 Å². The van der Waals surface area contributed by atoms with Crippen molar-refractivity contribution in [2.45, 2.75) is 6.92 Å². The molecule has 0 unspecified atom stereocenters. The first-order chi connectivity index (χ1) is 8.27. The molecule has 0 saturated heterocycles. The van der Waals surface area contributed by atoms with Crippen LogP contribution < -0.4 is 9.47 Å². The van der Waals surface area contributed by atoms with E-state index in [-0.39, 0.29) is 18.0 Å². The summed E-state index contributed by atoms with van der Waals surface area (Å²) in [5, 5.41) is 0.613. The summed E-state index contributed by atoms with van der Waals surface area (Å²) in [7, 11) is 0. The van der Waals surface area contributed by atoms with Gasteiger partial charge < -0.3 is 9.47 Å². The number of benzene rings is 1. The average Bonchev–Trinajstić information content (AvgIpc) is 2.34. The lowest BCUT2D eigenvalue weighted by molar-refractivity contribution is -0.123. The first-order valence-corrected chi connectivity index (χ1v) is 4.88. The minimum atomic E-state index is 0.158. The van der Waals surface area contributed by atoms with Gasteiger partial charge in [0.25, 0.3) is 12.9 Å². The van der Waals surface area contributed by atoms with Crippen LogP contribution in [0.15, 0.2) is 24.3 Å². The third kappa shape index (κ3) is 1.94. The predicted molar refractivity (Wildman–Crippen MR) is 59.9 cm³/mol. The van der Waals surface area contributed by atoms with E-state index in [1.54, 1.807) is 25.1 Å². The van der Waals surface area contributed by atoms with Crippen molar-refractivity contribution in [1.29, 1.82) is 0 Å². The molecule has 5 heteroatoms. The van der Waals surface area contributed by atoms with E-state index in [1.165, 1.54) is 0 Å². The fraction of sp³-hybridized carbons (Fsp3) is 0.0833. The molecule has 86 valence electrons. The Labute approximate surface area is 97.0 Å². The summed E-state index contributed by atoms with van der Waals surface area (Å²) in [5.41, 5.74) is 1.15. The number of nitrogens with zero attached hydrogens (tertiary/aromatic N) is 1. The normalized spacial score (nSPS) is 9.94. The van der Waals surface area contributed by atoms with Crippen LogP contribution in [0, 0.1) is 6.92 Å². The molecule has 0 fully saturated rings. The molecule has 0 aliphatic carbocycles. The van der Waals surface area contributed by atoms with Gasteiger partial charge in [-0.3, -0.25) is 9.59 Å². The largest absolute Gasteiger partial charge is 0.424 e. The van der Waals surface area contributed by atoms with Crippen LogP contribution in [0.3, 0.4) is 0 Å². The number of ether oxygens (including phenoxy) is 2. The summed E-state index contributed by atoms with van der Waals surface area (Å²) in [6.07, 6.45) is 0. The van der Waals surface area contributed by atoms with Crippen molar-refractivity contribution in [3.63, 3.8) is 0 Å². The van der Waals surface area contributed by atoms with Crippen LogP contribution in [0.5, 0.6) is 11.5 Å². The molecule has 1 heterocycles. The highest BCUT2D eigenvalue weighted by molar-refractivity contribution is 5.89. The molecule has 0 aliphatic heterocycles. The number of carbonyl (C=O) groups excluding carboxylic acids is 2. The van der Waals surface area contributed by atoms with Crippen molar-refractivity contribution in [1.82, 2.24) is 4.98 Å². The average molecular weight is 231 g/mol. The quantitative estimate of drug-likeness (QED) is 0.748. The third-order valence-corrected chi connectivity index (χ3v) is 2.30. The lowest BCUT2D eigenvalue weighted by Gasteiger charge is -2.10. The highest BCUT2D eigenvalue weighted by Crippen LogP contribution is 2.36. The Morgan fingerprint density at radius 3 is 2.41 bits per heavy atom. The van der Waals surface area contributed by atoms with Crippen LogP contribution in [0.2, 0.25) is 0 Å². The third-order valence-electron chi connectivity index (χ3n) is 2.30. The van der Waals surface area contributed by atoms with Crippen LogP contribution in [-0.2, 0) is 9.59 Å². The number of rotatable bonds is 4. The van der Waals surface area contributed by atoms with Crippen molar-refractivity contribution in [2.24, 2.45) is 0 Å². The maximum Gasteiger partial charge on any atom is 0.298 e. The van der Waals surface area contributed by atoms with E-state index in [1.807, 2.05) is 6.07 Å². The SMILES string of the molecule is Cc1nc2ccccc2c(OC=O)c1OC=O. The maximum atomic E-state index is 10.5. The fourth-order valence-electron chi connectivity index (χ4n) is 1.63. The van der Waals surface area contributed by atoms with Gasteiger partial charge >= 0.3 is 0 Å². The summed E-state index contributed by atoms with van der Waals surface area (Å²) in [4.78, 5) is 25.2. The molecule has 17 heavy (non-hydrogen) atoms. The van der Waals surface area contributed by atoms with Gasteiger partial charge in [0, 0.05) is 5.39 Å². The molecule has 1 aromatic carbocycles. The lowest BCUT2D eigenvalue weighted by atomic mass is 10.1. The van der Waals surface area contributed by atoms with Gasteiger partial charge in [0.15, 0.2) is 11.5 Å². The number of hydrogen-bond acceptors (Lipinski definition) is 5. The molecule has 1 aromatic heterocycles. The fourth-order valence-corrected chi connectivity index (χ4v) is 1.63. The molecule has 0 spiro atoms. The van der Waals surface area contributed by atoms with E-state index < -0.39 is 0 Å². The smallest absolute Gasteiger partial charge is 0.298 e. The van der Waals surface area contributed by atoms with Crippen molar-refractivity contribution >= 4 is 23.8 Å². The first kappa shape index (κ1) is 11.1. The molecule has 2 rings (SSSR count). The zero-order chi connectivity index (χ0) is 12.3. The Kier molecular flexibility index (Phi) is 3.00. The molecule has 5 nitrogen and oxygen atoms in total. The van der Waals surface area contributed by atoms with Gasteiger partial charge in [-0.05, 0) is 19.1 Å². The molecule has 0 amide bonds. The van der Waals surface area contributed by atoms with E-state index in [0.717, 1.165) is 0 Å². The van der Waals surface area contributed by atoms with Crippen molar-refractivity contribution < 1.29 is 19.1 Å². The van der Waals surface area contributed by atoms with Crippen molar-refractivity contribution in [3.8, 4) is 11.5 Å². The van der Waals surface area contributed by atoms with Gasteiger partial charge in [0.1, 0.15) is 0 Å². The van der Waals surface area contributed by atoms with Gasteiger partial charge in [-0.1, -0.05) is 12.1 Å². The Bertz CT molecular complexity index is 580. The number of fused-ring (bicyclic) bond motifs is 1. The standard InChI is InChI=1S/C12H9NO4/c1-8-11(16-6-14)12(17-7-15)9-4-2-3-5-10(9)13-8/h2-7H,1H3. The Hall–Kier alpha value is -2.43. The molecule has 0 radical (unpaired) electrons. The minimum Gasteiger partial charge on any atom is -0.424 e. The maximum absolute atomic E-state index is 10.5. The Morgan fingerprint density at radius 1 is 1.06 bits per heavy atom. The topological polar surface area (TPSA) is 65.5 Å². The zero-order valence-corrected chi connectivity index (χ0v) is 9.04. The number of aromatic nitrogens is 1. The van der Waals surface area contributed by atoms with Crippen LogP contribution in [-0.4, -0.2) is 17.9 Å². The van der Waals surface area contributed by atoms with Crippen LogP contribution in [0.25, 0.3) is 10.9 Å². The molecule has 0 N–H and O–H groups in total. The number of para-hydroxylation sites is 1. The van der Waals surface area contributed by atoms with E-state index >= 15 is 0 Å². The lowest BCUT2D eigenvalue weighted by Crippen LogP contribution is -2.00. The zero-order valence-electron chi connectivity index (χ0n) is 9.04. The molecular weight excluding hydrogens is 222 g/mol. The van der Waals surface area contributed by atoms with Gasteiger partial charge in [-0.15, -0.1) is 0 Å². The van der Waals surface area contributed by atoms with Gasteiger partial charge in [0.05, 0.1) is 11.2 Å². The molecule has 0 bridgehead atoms. The Balaban J connectivity index is 2.77. The second-order valence-electron chi connectivity index (χ2n) is 3.30. The second kappa shape index (κ2) is 4.61. The number of carbonyl (C=O) groups is 2. The summed E-state index contributed by atoms with van der Waals surface area (Å²) < 4.78 is 9.68. The number of pyridine rings is 1. The van der Waals surface area contributed by atoms with Crippen LogP contribution in [0.1, 0.15) is 5.69 Å². The van der Waals surface area contributed by atoms with E-state index in [0.29, 0.717) is 23.1 Å². The molecule has 0 saturated carbocycles. The monoisotopic (exact) mass is 231 g/mol. The van der Waals surface area contributed by atoms with Crippen LogP contribution in [0.4, 0.5) is 0 Å². The number of hydrogen-bond donors (Lipinski definition) is 0. The highest BCUT2D eigenvalue weighted by atomic mass is 16.6. The van der Waals surface area contributed by atoms with Gasteiger partial charge in [0.2, 0.25) is 0 Å². The number of aryl methyl sites for hydroxylation is 1. The summed E-state index contributed by atoms with van der Waals surface area (Å²) in [6, 6.07) is 7.12. The van der Waals surface area contributed by atoms with E-state index in [4.69, 9.17) is 9.47 Å². The van der Waals surface area contributed by atoms with Gasteiger partial charge in [-0.2, -0.15) is 0 Å². The second-order valence-corrected chi connectivity index (χ2v) is 3.30. The molecule has 0 aliphatic rings. The van der Waals surface area contributed by atoms with E-state index in [2.05, 4.69) is 4.98 Å². The molecule has 0 atom stereocenters. The van der Waals surface area contributed by atoms with Crippen LogP contribution >= 0.6 is 0 Å². The first-order valence-electron chi connectivity index (χ1n) is 4.88. The minimum absolute atomic E-state index is 0.158. The van der Waals surface area contributed by atoms with Crippen molar-refractivity contribution in [3.05, 3.63) is 30.0 Å². The van der Waals surface area contributed by atoms with Crippen molar-refractivity contribution in [2.75, 3.05) is 0 Å². The highest BCUT2D eigenvalue weighted by Gasteiger charge is 2.15. The summed E-state index contributed by atoms with van der Waals surface area (Å²) in [5.74, 6) is 0.362. The molecular formula is C12H9NO4.